The second kappa shape index (κ2) is 8.89. The number of hydrogen-bond acceptors (Lipinski definition) is 6. The van der Waals surface area contributed by atoms with Gasteiger partial charge in [-0.1, -0.05) is 18.9 Å². The molecule has 2 aliphatic heterocycles. The topological polar surface area (TPSA) is 113 Å². The molecule has 176 valence electrons. The molecule has 4 aliphatic rings. The first-order valence-electron chi connectivity index (χ1n) is 12.2. The highest BCUT2D eigenvalue weighted by Gasteiger charge is 2.41. The fourth-order valence-electron chi connectivity index (χ4n) is 5.77. The van der Waals surface area contributed by atoms with Crippen LogP contribution in [0.4, 0.5) is 5.69 Å². The number of carbonyl (C=O) groups excluding carboxylic acids is 4. The van der Waals surface area contributed by atoms with Crippen LogP contribution in [0.2, 0.25) is 0 Å². The Morgan fingerprint density at radius 3 is 2.67 bits per heavy atom. The number of carbonyl (C=O) groups is 4. The lowest BCUT2D eigenvalue weighted by atomic mass is 10.0. The summed E-state index contributed by atoms with van der Waals surface area (Å²) in [5.41, 5.74) is 8.27. The van der Waals surface area contributed by atoms with Crippen molar-refractivity contribution >= 4 is 29.2 Å². The molecule has 2 saturated carbocycles. The molecule has 1 aromatic carbocycles. The number of nitrogens with one attached hydrogen (secondary N) is 1. The van der Waals surface area contributed by atoms with Crippen molar-refractivity contribution in [1.29, 1.82) is 0 Å². The largest absolute Gasteiger partial charge is 0.368 e. The molecule has 0 aromatic heterocycles. The van der Waals surface area contributed by atoms with Crippen LogP contribution in [0, 0.1) is 11.8 Å². The number of piperidine rings is 1. The Hall–Kier alpha value is -2.74. The third kappa shape index (κ3) is 4.28. The quantitative estimate of drug-likeness (QED) is 0.581. The van der Waals surface area contributed by atoms with E-state index in [9.17, 15) is 19.2 Å². The average molecular weight is 453 g/mol. The molecule has 3 amide bonds. The molecule has 1 aromatic rings. The number of imide groups is 1. The molecule has 0 bridgehead atoms. The number of anilines is 1. The van der Waals surface area contributed by atoms with Crippen LogP contribution in [0.5, 0.6) is 0 Å². The Morgan fingerprint density at radius 2 is 1.94 bits per heavy atom. The molecule has 3 atom stereocenters. The molecular weight excluding hydrogens is 420 g/mol. The molecule has 1 saturated heterocycles. The number of rotatable bonds is 8. The van der Waals surface area contributed by atoms with E-state index in [-0.39, 0.29) is 42.5 Å². The SMILES string of the molecule is NCC(=O)[C@H]1CC[C@@H](N(CCC2CC2)c2cccc3c2CN(C2CCC(=O)NC2=O)C3=O)C1. The van der Waals surface area contributed by atoms with Crippen molar-refractivity contribution in [1.82, 2.24) is 10.2 Å². The van der Waals surface area contributed by atoms with Gasteiger partial charge in [-0.15, -0.1) is 0 Å². The summed E-state index contributed by atoms with van der Waals surface area (Å²) in [4.78, 5) is 53.6. The first-order chi connectivity index (χ1) is 16.0. The minimum absolute atomic E-state index is 0.0155. The van der Waals surface area contributed by atoms with Crippen LogP contribution in [0.25, 0.3) is 0 Å². The first kappa shape index (κ1) is 22.1. The van der Waals surface area contributed by atoms with Crippen LogP contribution >= 0.6 is 0 Å². The van der Waals surface area contributed by atoms with Gasteiger partial charge < -0.3 is 15.5 Å². The summed E-state index contributed by atoms with van der Waals surface area (Å²) in [7, 11) is 0. The Morgan fingerprint density at radius 1 is 1.12 bits per heavy atom. The maximum Gasteiger partial charge on any atom is 0.255 e. The van der Waals surface area contributed by atoms with Crippen molar-refractivity contribution in [3.05, 3.63) is 29.3 Å². The molecule has 0 radical (unpaired) electrons. The Labute approximate surface area is 193 Å². The number of nitrogens with zero attached hydrogens (tertiary/aromatic N) is 2. The monoisotopic (exact) mass is 452 g/mol. The third-order valence-corrected chi connectivity index (χ3v) is 7.84. The van der Waals surface area contributed by atoms with E-state index in [2.05, 4.69) is 16.3 Å². The highest BCUT2D eigenvalue weighted by molar-refractivity contribution is 6.06. The highest BCUT2D eigenvalue weighted by Crippen LogP contribution is 2.40. The van der Waals surface area contributed by atoms with E-state index >= 15 is 0 Å². The molecule has 2 aliphatic carbocycles. The van der Waals surface area contributed by atoms with Crippen LogP contribution in [-0.4, -0.2) is 53.6 Å². The Bertz CT molecular complexity index is 989. The summed E-state index contributed by atoms with van der Waals surface area (Å²) in [6.07, 6.45) is 6.87. The molecule has 8 heteroatoms. The number of hydrogen-bond donors (Lipinski definition) is 2. The molecule has 33 heavy (non-hydrogen) atoms. The van der Waals surface area contributed by atoms with Gasteiger partial charge >= 0.3 is 0 Å². The predicted molar refractivity (Wildman–Crippen MR) is 122 cm³/mol. The van der Waals surface area contributed by atoms with E-state index in [1.54, 1.807) is 4.90 Å². The van der Waals surface area contributed by atoms with Gasteiger partial charge in [0.2, 0.25) is 11.8 Å². The second-order valence-corrected chi connectivity index (χ2v) is 9.96. The van der Waals surface area contributed by atoms with Crippen molar-refractivity contribution in [3.63, 3.8) is 0 Å². The van der Waals surface area contributed by atoms with Gasteiger partial charge in [-0.2, -0.15) is 0 Å². The first-order valence-corrected chi connectivity index (χ1v) is 12.2. The normalized spacial score (nSPS) is 27.0. The molecule has 5 rings (SSSR count). The van der Waals surface area contributed by atoms with E-state index in [1.165, 1.54) is 12.8 Å². The molecule has 3 N–H and O–H groups in total. The van der Waals surface area contributed by atoms with Crippen molar-refractivity contribution in [2.75, 3.05) is 18.0 Å². The van der Waals surface area contributed by atoms with Crippen LogP contribution in [0.3, 0.4) is 0 Å². The molecule has 1 unspecified atom stereocenters. The maximum absolute atomic E-state index is 13.3. The third-order valence-electron chi connectivity index (χ3n) is 7.84. The molecule has 2 heterocycles. The van der Waals surface area contributed by atoms with E-state index < -0.39 is 11.9 Å². The van der Waals surface area contributed by atoms with Crippen LogP contribution in [0.1, 0.15) is 67.3 Å². The fourth-order valence-corrected chi connectivity index (χ4v) is 5.77. The molecule has 8 nitrogen and oxygen atoms in total. The number of benzene rings is 1. The summed E-state index contributed by atoms with van der Waals surface area (Å²) in [6, 6.07) is 5.46. The zero-order valence-electron chi connectivity index (χ0n) is 18.9. The van der Waals surface area contributed by atoms with Gasteiger partial charge in [-0.05, 0) is 50.2 Å². The maximum atomic E-state index is 13.3. The number of fused-ring (bicyclic) bond motifs is 1. The van der Waals surface area contributed by atoms with Crippen LogP contribution < -0.4 is 16.0 Å². The molecule has 0 spiro atoms. The number of ketones is 1. The van der Waals surface area contributed by atoms with Gasteiger partial charge in [0.05, 0.1) is 6.54 Å². The summed E-state index contributed by atoms with van der Waals surface area (Å²) >= 11 is 0. The number of amides is 3. The van der Waals surface area contributed by atoms with Gasteiger partial charge in [0.25, 0.3) is 5.91 Å². The van der Waals surface area contributed by atoms with Crippen LogP contribution in [0.15, 0.2) is 18.2 Å². The molecular formula is C25H32N4O4. The standard InChI is InChI=1S/C25H32N4O4/c26-13-22(30)16-6-7-17(12-16)28(11-10-15-4-5-15)20-3-1-2-18-19(20)14-29(25(18)33)21-8-9-23(31)27-24(21)32/h1-3,15-17,21H,4-14,26H2,(H,27,31,32)/t16-,17+,21?/m0/s1. The summed E-state index contributed by atoms with van der Waals surface area (Å²) in [5, 5.41) is 2.37. The van der Waals surface area contributed by atoms with Gasteiger partial charge in [0, 0.05) is 48.3 Å². The number of nitrogens with two attached hydrogens (primary N) is 1. The Balaban J connectivity index is 1.41. The van der Waals surface area contributed by atoms with E-state index in [0.717, 1.165) is 49.4 Å². The van der Waals surface area contributed by atoms with E-state index in [4.69, 9.17) is 5.73 Å². The summed E-state index contributed by atoms with van der Waals surface area (Å²) in [6.45, 7) is 1.37. The van der Waals surface area contributed by atoms with Crippen molar-refractivity contribution in [3.8, 4) is 0 Å². The summed E-state index contributed by atoms with van der Waals surface area (Å²) in [5.74, 6) is 0.104. The lowest BCUT2D eigenvalue weighted by Gasteiger charge is -2.33. The van der Waals surface area contributed by atoms with Crippen molar-refractivity contribution < 1.29 is 19.2 Å². The summed E-state index contributed by atoms with van der Waals surface area (Å²) < 4.78 is 0. The minimum atomic E-state index is -0.617. The van der Waals surface area contributed by atoms with Crippen molar-refractivity contribution in [2.24, 2.45) is 17.6 Å². The Kier molecular flexibility index (Phi) is 5.95. The highest BCUT2D eigenvalue weighted by atomic mass is 16.2. The van der Waals surface area contributed by atoms with E-state index in [0.29, 0.717) is 18.5 Å². The fraction of sp³-hybridized carbons (Fsp3) is 0.600. The van der Waals surface area contributed by atoms with Gasteiger partial charge in [-0.25, -0.2) is 0 Å². The zero-order valence-corrected chi connectivity index (χ0v) is 18.9. The van der Waals surface area contributed by atoms with Gasteiger partial charge in [0.1, 0.15) is 11.8 Å². The lowest BCUT2D eigenvalue weighted by molar-refractivity contribution is -0.137. The van der Waals surface area contributed by atoms with E-state index in [1.807, 2.05) is 12.1 Å². The lowest BCUT2D eigenvalue weighted by Crippen LogP contribution is -2.52. The second-order valence-electron chi connectivity index (χ2n) is 9.96. The smallest absolute Gasteiger partial charge is 0.255 e. The van der Waals surface area contributed by atoms with Crippen LogP contribution in [-0.2, 0) is 20.9 Å². The van der Waals surface area contributed by atoms with Gasteiger partial charge in [-0.3, -0.25) is 24.5 Å². The molecule has 3 fully saturated rings. The zero-order chi connectivity index (χ0) is 23.1. The van der Waals surface area contributed by atoms with Gasteiger partial charge in [0.15, 0.2) is 0 Å². The predicted octanol–water partition coefficient (Wildman–Crippen LogP) is 1.75. The average Bonchev–Trinajstić information content (AvgIpc) is 3.40. The van der Waals surface area contributed by atoms with Crippen molar-refractivity contribution in [2.45, 2.75) is 70.0 Å². The minimum Gasteiger partial charge on any atom is -0.368 e. The number of Topliss-reactive ketones (excluding diaryl/α,β-unsaturated/α-hetero) is 1.